The average Bonchev–Trinajstić information content (AvgIpc) is 2.61. The molecule has 0 aliphatic carbocycles. The zero-order valence-electron chi connectivity index (χ0n) is 13.9. The highest BCUT2D eigenvalue weighted by molar-refractivity contribution is 5.93. The Morgan fingerprint density at radius 2 is 2.00 bits per heavy atom. The van der Waals surface area contributed by atoms with E-state index in [-0.39, 0.29) is 11.4 Å². The second kappa shape index (κ2) is 6.64. The summed E-state index contributed by atoms with van der Waals surface area (Å²) in [6, 6.07) is 10.6. The SMILES string of the molecule is CCN(c1cc(O)cc(OC)c1)c1ccc2ncc(C(N)=O)nc2c1. The maximum absolute atomic E-state index is 11.3. The van der Waals surface area contributed by atoms with Crippen molar-refractivity contribution in [1.82, 2.24) is 9.97 Å². The van der Waals surface area contributed by atoms with Gasteiger partial charge in [-0.2, -0.15) is 0 Å². The summed E-state index contributed by atoms with van der Waals surface area (Å²) < 4.78 is 5.22. The number of nitrogens with two attached hydrogens (primary N) is 1. The van der Waals surface area contributed by atoms with Gasteiger partial charge in [-0.25, -0.2) is 4.98 Å². The number of anilines is 2. The highest BCUT2D eigenvalue weighted by Crippen LogP contribution is 2.33. The van der Waals surface area contributed by atoms with Crippen LogP contribution in [0.2, 0.25) is 0 Å². The molecule has 0 unspecified atom stereocenters. The number of hydrogen-bond acceptors (Lipinski definition) is 6. The van der Waals surface area contributed by atoms with Crippen molar-refractivity contribution in [1.29, 1.82) is 0 Å². The number of aromatic hydroxyl groups is 1. The van der Waals surface area contributed by atoms with E-state index in [1.54, 1.807) is 19.2 Å². The minimum atomic E-state index is -0.620. The van der Waals surface area contributed by atoms with Crippen LogP contribution >= 0.6 is 0 Å². The molecule has 128 valence electrons. The molecule has 0 aliphatic heterocycles. The second-order valence-electron chi connectivity index (χ2n) is 5.43. The minimum absolute atomic E-state index is 0.115. The van der Waals surface area contributed by atoms with Crippen LogP contribution in [-0.2, 0) is 0 Å². The van der Waals surface area contributed by atoms with E-state index in [1.165, 1.54) is 6.20 Å². The molecule has 25 heavy (non-hydrogen) atoms. The lowest BCUT2D eigenvalue weighted by molar-refractivity contribution is 0.0995. The smallest absolute Gasteiger partial charge is 0.268 e. The van der Waals surface area contributed by atoms with Crippen LogP contribution in [0, 0.1) is 0 Å². The number of nitrogens with zero attached hydrogens (tertiary/aromatic N) is 3. The molecule has 3 aromatic rings. The molecule has 0 spiro atoms. The van der Waals surface area contributed by atoms with E-state index in [1.807, 2.05) is 36.1 Å². The maximum atomic E-state index is 11.3. The number of hydrogen-bond donors (Lipinski definition) is 2. The Hall–Kier alpha value is -3.35. The van der Waals surface area contributed by atoms with Crippen LogP contribution in [0.5, 0.6) is 11.5 Å². The Kier molecular flexibility index (Phi) is 4.38. The Bertz CT molecular complexity index is 943. The standard InChI is InChI=1S/C18H18N4O3/c1-3-22(12-6-13(23)9-14(7-12)25-2)11-4-5-15-16(8-11)21-17(10-20-15)18(19)24/h4-10,23H,3H2,1-2H3,(H2,19,24). The molecule has 1 aromatic heterocycles. The van der Waals surface area contributed by atoms with Gasteiger partial charge in [-0.15, -0.1) is 0 Å². The number of fused-ring (bicyclic) bond motifs is 1. The fourth-order valence-corrected chi connectivity index (χ4v) is 2.64. The molecular weight excluding hydrogens is 320 g/mol. The van der Waals surface area contributed by atoms with E-state index in [0.29, 0.717) is 23.3 Å². The summed E-state index contributed by atoms with van der Waals surface area (Å²) in [6.45, 7) is 2.65. The van der Waals surface area contributed by atoms with Crippen molar-refractivity contribution in [2.24, 2.45) is 5.73 Å². The number of primary amides is 1. The van der Waals surface area contributed by atoms with Crippen LogP contribution < -0.4 is 15.4 Å². The Morgan fingerprint density at radius 3 is 2.68 bits per heavy atom. The first-order chi connectivity index (χ1) is 12.0. The van der Waals surface area contributed by atoms with E-state index in [2.05, 4.69) is 9.97 Å². The van der Waals surface area contributed by atoms with Crippen molar-refractivity contribution in [3.8, 4) is 11.5 Å². The lowest BCUT2D eigenvalue weighted by atomic mass is 10.2. The van der Waals surface area contributed by atoms with Gasteiger partial charge in [0.25, 0.3) is 5.91 Å². The number of rotatable bonds is 5. The summed E-state index contributed by atoms with van der Waals surface area (Å²) >= 11 is 0. The summed E-state index contributed by atoms with van der Waals surface area (Å²) in [6.07, 6.45) is 1.36. The van der Waals surface area contributed by atoms with Crippen LogP contribution in [-0.4, -0.2) is 34.6 Å². The molecule has 0 fully saturated rings. The average molecular weight is 338 g/mol. The fraction of sp³-hybridized carbons (Fsp3) is 0.167. The van der Waals surface area contributed by atoms with Crippen molar-refractivity contribution in [2.45, 2.75) is 6.92 Å². The summed E-state index contributed by atoms with van der Waals surface area (Å²) in [5.74, 6) is 0.0549. The Labute approximate surface area is 144 Å². The Balaban J connectivity index is 2.09. The zero-order chi connectivity index (χ0) is 18.0. The number of methoxy groups -OCH3 is 1. The van der Waals surface area contributed by atoms with E-state index in [0.717, 1.165) is 11.4 Å². The maximum Gasteiger partial charge on any atom is 0.268 e. The molecule has 0 aliphatic rings. The highest BCUT2D eigenvalue weighted by Gasteiger charge is 2.12. The van der Waals surface area contributed by atoms with Gasteiger partial charge in [0, 0.05) is 36.1 Å². The minimum Gasteiger partial charge on any atom is -0.508 e. The van der Waals surface area contributed by atoms with Crippen molar-refractivity contribution in [2.75, 3.05) is 18.6 Å². The summed E-state index contributed by atoms with van der Waals surface area (Å²) in [5, 5.41) is 9.91. The largest absolute Gasteiger partial charge is 0.508 e. The van der Waals surface area contributed by atoms with Gasteiger partial charge in [0.05, 0.1) is 24.3 Å². The van der Waals surface area contributed by atoms with Crippen molar-refractivity contribution < 1.29 is 14.6 Å². The summed E-state index contributed by atoms with van der Waals surface area (Å²) in [5.41, 5.74) is 8.25. The number of amides is 1. The number of benzene rings is 2. The number of aromatic nitrogens is 2. The number of carbonyl (C=O) groups excluding carboxylic acids is 1. The molecule has 1 amide bonds. The van der Waals surface area contributed by atoms with Crippen LogP contribution in [0.25, 0.3) is 11.0 Å². The van der Waals surface area contributed by atoms with Crippen LogP contribution in [0.4, 0.5) is 11.4 Å². The third kappa shape index (κ3) is 3.30. The molecule has 1 heterocycles. The number of phenols is 1. The van der Waals surface area contributed by atoms with Crippen molar-refractivity contribution in [3.63, 3.8) is 0 Å². The summed E-state index contributed by atoms with van der Waals surface area (Å²) in [7, 11) is 1.55. The van der Waals surface area contributed by atoms with Gasteiger partial charge in [-0.1, -0.05) is 0 Å². The normalized spacial score (nSPS) is 10.6. The van der Waals surface area contributed by atoms with Gasteiger partial charge in [-0.05, 0) is 25.1 Å². The zero-order valence-corrected chi connectivity index (χ0v) is 13.9. The molecule has 7 nitrogen and oxygen atoms in total. The van der Waals surface area contributed by atoms with Gasteiger partial charge in [-0.3, -0.25) is 9.78 Å². The number of carbonyl (C=O) groups is 1. The first-order valence-corrected chi connectivity index (χ1v) is 7.74. The van der Waals surface area contributed by atoms with Gasteiger partial charge in [0.2, 0.25) is 0 Å². The van der Waals surface area contributed by atoms with Crippen LogP contribution in [0.1, 0.15) is 17.4 Å². The van der Waals surface area contributed by atoms with Gasteiger partial charge in [0.15, 0.2) is 0 Å². The number of ether oxygens (including phenoxy) is 1. The lowest BCUT2D eigenvalue weighted by Gasteiger charge is -2.24. The lowest BCUT2D eigenvalue weighted by Crippen LogP contribution is -2.16. The van der Waals surface area contributed by atoms with Crippen LogP contribution in [0.15, 0.2) is 42.6 Å². The monoisotopic (exact) mass is 338 g/mol. The molecule has 0 atom stereocenters. The molecule has 7 heteroatoms. The third-order valence-corrected chi connectivity index (χ3v) is 3.83. The van der Waals surface area contributed by atoms with Gasteiger partial charge >= 0.3 is 0 Å². The van der Waals surface area contributed by atoms with E-state index in [4.69, 9.17) is 10.5 Å². The first kappa shape index (κ1) is 16.5. The van der Waals surface area contributed by atoms with Crippen molar-refractivity contribution in [3.05, 3.63) is 48.3 Å². The quantitative estimate of drug-likeness (QED) is 0.741. The van der Waals surface area contributed by atoms with E-state index < -0.39 is 5.91 Å². The number of phenolic OH excluding ortho intramolecular Hbond substituents is 1. The topological polar surface area (TPSA) is 102 Å². The van der Waals surface area contributed by atoms with Gasteiger partial charge < -0.3 is 20.5 Å². The third-order valence-electron chi connectivity index (χ3n) is 3.83. The highest BCUT2D eigenvalue weighted by atomic mass is 16.5. The fourth-order valence-electron chi connectivity index (χ4n) is 2.64. The van der Waals surface area contributed by atoms with E-state index in [9.17, 15) is 9.90 Å². The molecule has 0 bridgehead atoms. The molecule has 0 saturated carbocycles. The molecule has 3 N–H and O–H groups in total. The molecule has 2 aromatic carbocycles. The first-order valence-electron chi connectivity index (χ1n) is 7.74. The van der Waals surface area contributed by atoms with Crippen molar-refractivity contribution >= 4 is 28.3 Å². The molecule has 0 radical (unpaired) electrons. The van der Waals surface area contributed by atoms with E-state index >= 15 is 0 Å². The van der Waals surface area contributed by atoms with Gasteiger partial charge in [0.1, 0.15) is 17.2 Å². The molecular formula is C18H18N4O3. The second-order valence-corrected chi connectivity index (χ2v) is 5.43. The molecule has 0 saturated heterocycles. The summed E-state index contributed by atoms with van der Waals surface area (Å²) in [4.78, 5) is 21.8. The predicted octanol–water partition coefficient (Wildman–Crippen LogP) is 2.60. The van der Waals surface area contributed by atoms with Crippen LogP contribution in [0.3, 0.4) is 0 Å². The predicted molar refractivity (Wildman–Crippen MR) is 95.4 cm³/mol. The Morgan fingerprint density at radius 1 is 1.20 bits per heavy atom. The molecule has 3 rings (SSSR count).